The van der Waals surface area contributed by atoms with Crippen LogP contribution >= 0.6 is 11.8 Å². The van der Waals surface area contributed by atoms with Crippen LogP contribution in [-0.4, -0.2) is 29.6 Å². The molecule has 20 heavy (non-hydrogen) atoms. The van der Waals surface area contributed by atoms with E-state index in [0.29, 0.717) is 12.5 Å². The van der Waals surface area contributed by atoms with E-state index in [0.717, 1.165) is 12.2 Å². The van der Waals surface area contributed by atoms with Crippen LogP contribution in [-0.2, 0) is 0 Å². The van der Waals surface area contributed by atoms with Gasteiger partial charge in [0.15, 0.2) is 0 Å². The summed E-state index contributed by atoms with van der Waals surface area (Å²) < 4.78 is 5.03. The molecule has 1 aromatic rings. The van der Waals surface area contributed by atoms with Crippen molar-refractivity contribution in [2.45, 2.75) is 13.3 Å². The number of thioether (sulfide) groups is 1. The standard InChI is InChI=1S/C13H18N2O4S/c1-10(7-8-20-2)9-14-13(16)19-12-5-3-11(4-6-12)15(17)18/h3-6,10H,7-9H2,1-2H3,(H,14,16)/t10-/m0/s1. The molecule has 1 atom stereocenters. The molecule has 7 heteroatoms. The second-order valence-corrected chi connectivity index (χ2v) is 5.39. The molecule has 110 valence electrons. The third kappa shape index (κ3) is 5.92. The maximum absolute atomic E-state index is 11.5. The highest BCUT2D eigenvalue weighted by molar-refractivity contribution is 7.98. The van der Waals surface area contributed by atoms with E-state index in [1.54, 1.807) is 11.8 Å². The van der Waals surface area contributed by atoms with E-state index in [1.165, 1.54) is 24.3 Å². The second kappa shape index (κ2) is 8.42. The Morgan fingerprint density at radius 1 is 1.45 bits per heavy atom. The number of hydrogen-bond donors (Lipinski definition) is 1. The normalized spacial score (nSPS) is 11.7. The van der Waals surface area contributed by atoms with E-state index < -0.39 is 11.0 Å². The van der Waals surface area contributed by atoms with Crippen LogP contribution < -0.4 is 10.1 Å². The number of nitrogens with one attached hydrogen (secondary N) is 1. The number of nitro benzene ring substituents is 1. The molecule has 0 fully saturated rings. The molecule has 1 amide bonds. The molecule has 1 aromatic carbocycles. The van der Waals surface area contributed by atoms with Crippen molar-refractivity contribution in [2.24, 2.45) is 5.92 Å². The lowest BCUT2D eigenvalue weighted by Gasteiger charge is -2.11. The number of rotatable bonds is 7. The summed E-state index contributed by atoms with van der Waals surface area (Å²) in [4.78, 5) is 21.5. The Bertz CT molecular complexity index is 450. The van der Waals surface area contributed by atoms with Crippen molar-refractivity contribution >= 4 is 23.5 Å². The first-order valence-electron chi connectivity index (χ1n) is 6.22. The Kier molecular flexibility index (Phi) is 6.86. The largest absolute Gasteiger partial charge is 0.412 e. The molecule has 0 aliphatic heterocycles. The molecule has 0 aliphatic rings. The Balaban J connectivity index is 2.36. The van der Waals surface area contributed by atoms with Crippen LogP contribution in [0.2, 0.25) is 0 Å². The third-order valence-corrected chi connectivity index (χ3v) is 3.31. The van der Waals surface area contributed by atoms with Crippen molar-refractivity contribution in [1.29, 1.82) is 0 Å². The van der Waals surface area contributed by atoms with Crippen LogP contribution in [0.15, 0.2) is 24.3 Å². The maximum atomic E-state index is 11.5. The van der Waals surface area contributed by atoms with E-state index in [-0.39, 0.29) is 11.4 Å². The SMILES string of the molecule is CSCC[C@H](C)CNC(=O)Oc1ccc([N+](=O)[O-])cc1. The smallest absolute Gasteiger partial charge is 0.410 e. The highest BCUT2D eigenvalue weighted by Crippen LogP contribution is 2.17. The average Bonchev–Trinajstić information content (AvgIpc) is 2.43. The number of ether oxygens (including phenoxy) is 1. The number of benzene rings is 1. The van der Waals surface area contributed by atoms with Gasteiger partial charge in [0.2, 0.25) is 0 Å². The van der Waals surface area contributed by atoms with Crippen molar-refractivity contribution in [1.82, 2.24) is 5.32 Å². The van der Waals surface area contributed by atoms with Crippen LogP contribution in [0.4, 0.5) is 10.5 Å². The molecule has 1 rings (SSSR count). The highest BCUT2D eigenvalue weighted by Gasteiger charge is 2.09. The molecule has 0 spiro atoms. The number of nitrogens with zero attached hydrogens (tertiary/aromatic N) is 1. The molecule has 6 nitrogen and oxygen atoms in total. The lowest BCUT2D eigenvalue weighted by atomic mass is 10.1. The summed E-state index contributed by atoms with van der Waals surface area (Å²) in [5, 5.41) is 13.2. The van der Waals surface area contributed by atoms with E-state index in [9.17, 15) is 14.9 Å². The molecule has 0 bridgehead atoms. The lowest BCUT2D eigenvalue weighted by Crippen LogP contribution is -2.31. The summed E-state index contributed by atoms with van der Waals surface area (Å²) in [6, 6.07) is 5.39. The summed E-state index contributed by atoms with van der Waals surface area (Å²) in [7, 11) is 0. The molecule has 0 aliphatic carbocycles. The Morgan fingerprint density at radius 2 is 2.10 bits per heavy atom. The zero-order valence-corrected chi connectivity index (χ0v) is 12.3. The van der Waals surface area contributed by atoms with Crippen molar-refractivity contribution in [2.75, 3.05) is 18.6 Å². The zero-order valence-electron chi connectivity index (χ0n) is 11.5. The van der Waals surface area contributed by atoms with Crippen LogP contribution in [0.1, 0.15) is 13.3 Å². The average molecular weight is 298 g/mol. The molecule has 0 radical (unpaired) electrons. The predicted octanol–water partition coefficient (Wildman–Crippen LogP) is 3.07. The Morgan fingerprint density at radius 3 is 2.65 bits per heavy atom. The Hall–Kier alpha value is -1.76. The number of nitro groups is 1. The molecule has 1 N–H and O–H groups in total. The fraction of sp³-hybridized carbons (Fsp3) is 0.462. The van der Waals surface area contributed by atoms with Crippen molar-refractivity contribution in [3.8, 4) is 5.75 Å². The van der Waals surface area contributed by atoms with Gasteiger partial charge in [-0.3, -0.25) is 10.1 Å². The van der Waals surface area contributed by atoms with E-state index in [2.05, 4.69) is 12.2 Å². The van der Waals surface area contributed by atoms with E-state index in [1.807, 2.05) is 6.26 Å². The van der Waals surface area contributed by atoms with Gasteiger partial charge in [0.1, 0.15) is 5.75 Å². The molecule has 0 saturated carbocycles. The summed E-state index contributed by atoms with van der Waals surface area (Å²) in [6.45, 7) is 2.61. The predicted molar refractivity (Wildman–Crippen MR) is 79.3 cm³/mol. The zero-order chi connectivity index (χ0) is 15.0. The van der Waals surface area contributed by atoms with Gasteiger partial charge in [-0.1, -0.05) is 6.92 Å². The van der Waals surface area contributed by atoms with Crippen LogP contribution in [0, 0.1) is 16.0 Å². The van der Waals surface area contributed by atoms with Gasteiger partial charge in [0, 0.05) is 18.7 Å². The second-order valence-electron chi connectivity index (χ2n) is 4.41. The van der Waals surface area contributed by atoms with Crippen LogP contribution in [0.5, 0.6) is 5.75 Å². The highest BCUT2D eigenvalue weighted by atomic mass is 32.2. The third-order valence-electron chi connectivity index (χ3n) is 2.67. The number of amides is 1. The molecule has 0 aromatic heterocycles. The lowest BCUT2D eigenvalue weighted by molar-refractivity contribution is -0.384. The Labute approximate surface area is 122 Å². The van der Waals surface area contributed by atoms with E-state index >= 15 is 0 Å². The van der Waals surface area contributed by atoms with Crippen molar-refractivity contribution in [3.05, 3.63) is 34.4 Å². The number of hydrogen-bond acceptors (Lipinski definition) is 5. The quantitative estimate of drug-likeness (QED) is 0.618. The molecular formula is C13H18N2O4S. The summed E-state index contributed by atoms with van der Waals surface area (Å²) in [6.07, 6.45) is 2.52. The number of non-ortho nitro benzene ring substituents is 1. The number of carbonyl (C=O) groups excluding carboxylic acids is 1. The van der Waals surface area contributed by atoms with Crippen molar-refractivity contribution in [3.63, 3.8) is 0 Å². The fourth-order valence-corrected chi connectivity index (χ4v) is 2.10. The van der Waals surface area contributed by atoms with Gasteiger partial charge in [-0.2, -0.15) is 11.8 Å². The van der Waals surface area contributed by atoms with Gasteiger partial charge in [-0.25, -0.2) is 4.79 Å². The molecular weight excluding hydrogens is 280 g/mol. The minimum atomic E-state index is -0.546. The number of carbonyl (C=O) groups is 1. The fourth-order valence-electron chi connectivity index (χ4n) is 1.46. The first kappa shape index (κ1) is 16.3. The summed E-state index contributed by atoms with van der Waals surface area (Å²) in [5.41, 5.74) is -0.0385. The van der Waals surface area contributed by atoms with Crippen molar-refractivity contribution < 1.29 is 14.5 Å². The maximum Gasteiger partial charge on any atom is 0.412 e. The van der Waals surface area contributed by atoms with Gasteiger partial charge < -0.3 is 10.1 Å². The summed E-state index contributed by atoms with van der Waals surface area (Å²) >= 11 is 1.77. The topological polar surface area (TPSA) is 81.5 Å². The van der Waals surface area contributed by atoms with E-state index in [4.69, 9.17) is 4.74 Å². The van der Waals surface area contributed by atoms with Crippen LogP contribution in [0.25, 0.3) is 0 Å². The molecule has 0 unspecified atom stereocenters. The summed E-state index contributed by atoms with van der Waals surface area (Å²) in [5.74, 6) is 1.72. The minimum Gasteiger partial charge on any atom is -0.410 e. The van der Waals surface area contributed by atoms with Gasteiger partial charge in [0.25, 0.3) is 5.69 Å². The van der Waals surface area contributed by atoms with Gasteiger partial charge in [-0.15, -0.1) is 0 Å². The van der Waals surface area contributed by atoms with Gasteiger partial charge in [0.05, 0.1) is 4.92 Å². The molecule has 0 heterocycles. The van der Waals surface area contributed by atoms with Gasteiger partial charge >= 0.3 is 6.09 Å². The van der Waals surface area contributed by atoms with Crippen LogP contribution in [0.3, 0.4) is 0 Å². The first-order valence-corrected chi connectivity index (χ1v) is 7.61. The molecule has 0 saturated heterocycles. The minimum absolute atomic E-state index is 0.0385. The van der Waals surface area contributed by atoms with Gasteiger partial charge in [-0.05, 0) is 36.5 Å². The first-order chi connectivity index (χ1) is 9.52. The monoisotopic (exact) mass is 298 g/mol.